The first kappa shape index (κ1) is 56.4. The Kier molecular flexibility index (Phi) is 37.8. The number of phosphoric acid groups is 1. The number of likely N-dealkylation sites (N-methyl/N-ethyl adjacent to an activating group) is 1. The van der Waals surface area contributed by atoms with Crippen molar-refractivity contribution in [2.24, 2.45) is 0 Å². The third-order valence-electron chi connectivity index (χ3n) is 9.36. The van der Waals surface area contributed by atoms with Crippen LogP contribution in [-0.4, -0.2) is 81.2 Å². The monoisotopic (exact) mass is 850 g/mol. The van der Waals surface area contributed by atoms with Crippen molar-refractivity contribution in [3.05, 3.63) is 72.9 Å². The van der Waals surface area contributed by atoms with E-state index in [0.717, 1.165) is 70.6 Å². The predicted molar refractivity (Wildman–Crippen MR) is 242 cm³/mol. The molecule has 0 saturated carbocycles. The van der Waals surface area contributed by atoms with E-state index in [1.807, 2.05) is 34.1 Å². The van der Waals surface area contributed by atoms with E-state index in [1.54, 1.807) is 0 Å². The zero-order valence-electron chi connectivity index (χ0n) is 37.8. The van der Waals surface area contributed by atoms with Crippen molar-refractivity contribution in [1.82, 2.24) is 0 Å². The summed E-state index contributed by atoms with van der Waals surface area (Å²) in [4.78, 5) is 37.5. The maximum absolute atomic E-state index is 12.7. The molecule has 0 saturated heterocycles. The van der Waals surface area contributed by atoms with Crippen LogP contribution in [0.2, 0.25) is 0 Å². The summed E-state index contributed by atoms with van der Waals surface area (Å²) in [5.74, 6) is -0.933. The van der Waals surface area contributed by atoms with Gasteiger partial charge >= 0.3 is 11.9 Å². The maximum Gasteiger partial charge on any atom is 0.306 e. The molecule has 0 aromatic heterocycles. The van der Waals surface area contributed by atoms with Crippen LogP contribution in [-0.2, 0) is 32.7 Å². The average Bonchev–Trinajstić information content (AvgIpc) is 3.19. The fourth-order valence-corrected chi connectivity index (χ4v) is 6.33. The minimum Gasteiger partial charge on any atom is -0.756 e. The van der Waals surface area contributed by atoms with Crippen LogP contribution in [0.4, 0.5) is 0 Å². The van der Waals surface area contributed by atoms with Crippen molar-refractivity contribution < 1.29 is 47.2 Å². The van der Waals surface area contributed by atoms with Gasteiger partial charge in [-0.1, -0.05) is 132 Å². The number of hydrogen-bond donors (Lipinski definition) is 1. The number of nitrogens with zero attached hydrogens (tertiary/aromatic N) is 1. The highest BCUT2D eigenvalue weighted by atomic mass is 31.2. The highest BCUT2D eigenvalue weighted by Gasteiger charge is 2.21. The van der Waals surface area contributed by atoms with Gasteiger partial charge in [-0.2, -0.15) is 0 Å². The number of phosphoric ester groups is 1. The van der Waals surface area contributed by atoms with Gasteiger partial charge < -0.3 is 33.0 Å². The summed E-state index contributed by atoms with van der Waals surface area (Å²) in [5, 5.41) is 9.57. The first-order valence-electron chi connectivity index (χ1n) is 22.7. The predicted octanol–water partition coefficient (Wildman–Crippen LogP) is 11.4. The molecule has 0 amide bonds. The number of unbranched alkanes of at least 4 members (excludes halogenated alkanes) is 11. The molecular weight excluding hydrogens is 765 g/mol. The largest absolute Gasteiger partial charge is 0.756 e. The number of aliphatic hydroxyl groups is 1. The van der Waals surface area contributed by atoms with Crippen LogP contribution in [0, 0.1) is 0 Å². The topological polar surface area (TPSA) is 131 Å². The van der Waals surface area contributed by atoms with Crippen LogP contribution < -0.4 is 4.89 Å². The Labute approximate surface area is 360 Å². The number of ether oxygens (including phenoxy) is 2. The van der Waals surface area contributed by atoms with Gasteiger partial charge in [0.25, 0.3) is 7.82 Å². The summed E-state index contributed by atoms with van der Waals surface area (Å²) in [5.41, 5.74) is 0. The maximum atomic E-state index is 12.7. The summed E-state index contributed by atoms with van der Waals surface area (Å²) in [6.45, 7) is 3.82. The van der Waals surface area contributed by atoms with E-state index >= 15 is 0 Å². The number of carbonyl (C=O) groups excluding carboxylic acids is 2. The number of quaternary nitrogens is 1. The first-order chi connectivity index (χ1) is 28.4. The normalized spacial score (nSPS) is 14.8. The van der Waals surface area contributed by atoms with Crippen molar-refractivity contribution in [3.8, 4) is 0 Å². The third kappa shape index (κ3) is 43.3. The lowest BCUT2D eigenvalue weighted by molar-refractivity contribution is -0.870. The van der Waals surface area contributed by atoms with Gasteiger partial charge in [-0.25, -0.2) is 0 Å². The Morgan fingerprint density at radius 1 is 0.610 bits per heavy atom. The lowest BCUT2D eigenvalue weighted by atomic mass is 10.1. The molecule has 0 aliphatic carbocycles. The molecule has 1 unspecified atom stereocenters. The van der Waals surface area contributed by atoms with Crippen LogP contribution in [0.5, 0.6) is 0 Å². The van der Waals surface area contributed by atoms with E-state index in [-0.39, 0.29) is 32.2 Å². The van der Waals surface area contributed by atoms with Gasteiger partial charge in [0.15, 0.2) is 6.10 Å². The summed E-state index contributed by atoms with van der Waals surface area (Å²) < 4.78 is 33.8. The second-order valence-electron chi connectivity index (χ2n) is 16.2. The highest BCUT2D eigenvalue weighted by Crippen LogP contribution is 2.38. The Morgan fingerprint density at radius 3 is 1.63 bits per heavy atom. The number of hydrogen-bond acceptors (Lipinski definition) is 9. The number of aliphatic hydroxyl groups excluding tert-OH is 1. The van der Waals surface area contributed by atoms with Crippen LogP contribution >= 0.6 is 7.82 Å². The van der Waals surface area contributed by atoms with Crippen LogP contribution in [0.15, 0.2) is 72.9 Å². The molecule has 3 atom stereocenters. The van der Waals surface area contributed by atoms with Crippen molar-refractivity contribution in [2.75, 3.05) is 47.5 Å². The summed E-state index contributed by atoms with van der Waals surface area (Å²) in [6.07, 6.45) is 45.9. The second kappa shape index (κ2) is 39.5. The van der Waals surface area contributed by atoms with Gasteiger partial charge in [-0.05, 0) is 89.9 Å². The third-order valence-corrected chi connectivity index (χ3v) is 10.3. The SMILES string of the molecule is CCCCC/C=C\C/C=C\CCCCCCCCCC(=O)OC[C@H](COP(=O)([O-])OCC[N+](C)(C)C)OC(=O)CCC/C=C\C/C=C\C/C=C\C/C=C\CC[C@H](O)CC. The van der Waals surface area contributed by atoms with Crippen LogP contribution in [0.3, 0.4) is 0 Å². The molecule has 1 N–H and O–H groups in total. The molecule has 0 aliphatic rings. The Bertz CT molecular complexity index is 1250. The summed E-state index contributed by atoms with van der Waals surface area (Å²) >= 11 is 0. The highest BCUT2D eigenvalue weighted by molar-refractivity contribution is 7.45. The molecule has 0 aromatic carbocycles. The molecule has 0 aliphatic heterocycles. The minimum atomic E-state index is -4.65. The number of rotatable bonds is 40. The summed E-state index contributed by atoms with van der Waals surface area (Å²) in [6, 6.07) is 0. The molecule has 59 heavy (non-hydrogen) atoms. The summed E-state index contributed by atoms with van der Waals surface area (Å²) in [7, 11) is 1.09. The molecule has 0 bridgehead atoms. The Morgan fingerprint density at radius 2 is 1.08 bits per heavy atom. The molecule has 0 spiro atoms. The number of esters is 2. The van der Waals surface area contributed by atoms with Crippen molar-refractivity contribution in [2.45, 2.75) is 174 Å². The smallest absolute Gasteiger partial charge is 0.306 e. The van der Waals surface area contributed by atoms with Gasteiger partial charge in [-0.3, -0.25) is 14.2 Å². The molecule has 0 heterocycles. The van der Waals surface area contributed by atoms with Gasteiger partial charge in [0.05, 0.1) is 33.9 Å². The number of allylic oxidation sites excluding steroid dienone is 12. The van der Waals surface area contributed by atoms with Crippen LogP contribution in [0.25, 0.3) is 0 Å². The molecule has 0 radical (unpaired) electrons. The first-order valence-corrected chi connectivity index (χ1v) is 24.2. The van der Waals surface area contributed by atoms with Crippen molar-refractivity contribution >= 4 is 19.8 Å². The zero-order chi connectivity index (χ0) is 43.7. The van der Waals surface area contributed by atoms with E-state index in [1.165, 1.54) is 44.9 Å². The van der Waals surface area contributed by atoms with E-state index in [4.69, 9.17) is 18.5 Å². The van der Waals surface area contributed by atoms with Gasteiger partial charge in [0.2, 0.25) is 0 Å². The molecule has 0 aromatic rings. The molecule has 0 fully saturated rings. The van der Waals surface area contributed by atoms with Crippen molar-refractivity contribution in [3.63, 3.8) is 0 Å². The second-order valence-corrected chi connectivity index (χ2v) is 17.6. The Hall–Kier alpha value is -2.59. The van der Waals surface area contributed by atoms with E-state index < -0.39 is 32.5 Å². The quantitative estimate of drug-likeness (QED) is 0.0210. The number of carbonyl (C=O) groups is 2. The molecular formula is C48H84NO9P. The minimum absolute atomic E-state index is 0.0521. The van der Waals surface area contributed by atoms with Gasteiger partial charge in [0.1, 0.15) is 19.8 Å². The standard InChI is InChI=1S/C48H84NO9P/c1-6-8-9-10-11-12-13-14-15-16-17-21-24-27-30-33-36-39-47(51)55-43-46(44-57-59(53,54)56-42-41-49(3,4)5)58-48(52)40-37-34-31-28-25-22-19-18-20-23-26-29-32-35-38-45(50)7-2/h11-12,14-15,19-20,22-23,28-29,31-32,45-46,50H,6-10,13,16-18,21,24-27,30,33-44H2,1-5H3/b12-11-,15-14-,22-19-,23-20-,31-28-,32-29-/t45-,46-/m1/s1. The fourth-order valence-electron chi connectivity index (χ4n) is 5.60. The Balaban J connectivity index is 4.47. The molecule has 340 valence electrons. The van der Waals surface area contributed by atoms with Gasteiger partial charge in [-0.15, -0.1) is 0 Å². The van der Waals surface area contributed by atoms with E-state index in [2.05, 4.69) is 73.8 Å². The lowest BCUT2D eigenvalue weighted by Crippen LogP contribution is -2.37. The van der Waals surface area contributed by atoms with E-state index in [9.17, 15) is 24.2 Å². The lowest BCUT2D eigenvalue weighted by Gasteiger charge is -2.28. The van der Waals surface area contributed by atoms with Gasteiger partial charge in [0, 0.05) is 12.8 Å². The average molecular weight is 850 g/mol. The fraction of sp³-hybridized carbons (Fsp3) is 0.708. The molecule has 11 heteroatoms. The molecule has 10 nitrogen and oxygen atoms in total. The zero-order valence-corrected chi connectivity index (χ0v) is 38.7. The molecule has 0 rings (SSSR count). The van der Waals surface area contributed by atoms with Crippen LogP contribution in [0.1, 0.15) is 162 Å². The van der Waals surface area contributed by atoms with E-state index in [0.29, 0.717) is 30.3 Å². The van der Waals surface area contributed by atoms with Crippen molar-refractivity contribution in [1.29, 1.82) is 0 Å².